The first-order valence-corrected chi connectivity index (χ1v) is 15.4. The third kappa shape index (κ3) is 5.36. The fourth-order valence-electron chi connectivity index (χ4n) is 4.96. The van der Waals surface area contributed by atoms with Crippen LogP contribution in [0, 0.1) is 5.82 Å². The molecule has 0 amide bonds. The summed E-state index contributed by atoms with van der Waals surface area (Å²) in [6.45, 7) is 23.1. The van der Waals surface area contributed by atoms with Crippen molar-refractivity contribution in [2.24, 2.45) is 10.7 Å². The maximum Gasteiger partial charge on any atom is 0.494 e. The Hall–Kier alpha value is -2.31. The lowest BCUT2D eigenvalue weighted by Gasteiger charge is -2.60. The highest BCUT2D eigenvalue weighted by Crippen LogP contribution is 2.72. The number of benzene rings is 1. The van der Waals surface area contributed by atoms with Crippen LogP contribution in [0.2, 0.25) is 0 Å². The Kier molecular flexibility index (Phi) is 8.00. The van der Waals surface area contributed by atoms with Gasteiger partial charge in [-0.15, -0.1) is 0 Å². The second-order valence-electron chi connectivity index (χ2n) is 14.4. The number of nitrogens with two attached hydrogens (primary N) is 1. The molecule has 2 aliphatic rings. The molecule has 1 aromatic rings. The monoisotopic (exact) mass is 595 g/mol. The number of carbonyl (C=O) groups excluding carboxylic acids is 2. The minimum absolute atomic E-state index is 0.112. The van der Waals surface area contributed by atoms with E-state index in [1.807, 2.05) is 27.7 Å². The molecule has 0 bridgehead atoms. The van der Waals surface area contributed by atoms with Crippen LogP contribution in [-0.2, 0) is 24.3 Å². The second kappa shape index (κ2) is 9.87. The Morgan fingerprint density at radius 1 is 0.927 bits per heavy atom. The molecule has 1 fully saturated rings. The normalized spacial score (nSPS) is 25.8. The second-order valence-corrected chi connectivity index (χ2v) is 17.8. The minimum Gasteiger partial charge on any atom is -0.451 e. The van der Waals surface area contributed by atoms with Crippen LogP contribution < -0.4 is 11.2 Å². The number of aliphatic imine (C=N–C) groups is 1. The van der Waals surface area contributed by atoms with E-state index in [0.29, 0.717) is 5.46 Å². The lowest BCUT2D eigenvalue weighted by Crippen LogP contribution is -2.64. The van der Waals surface area contributed by atoms with Crippen LogP contribution in [0.1, 0.15) is 95.6 Å². The summed E-state index contributed by atoms with van der Waals surface area (Å²) in [6.07, 6.45) is 0. The summed E-state index contributed by atoms with van der Waals surface area (Å²) in [6, 6.07) is 4.54. The van der Waals surface area contributed by atoms with Gasteiger partial charge in [0.05, 0.1) is 15.9 Å². The fraction of sp³-hybridized carbons (Fsp3) is 0.690. The van der Waals surface area contributed by atoms with Crippen LogP contribution in [-0.4, -0.2) is 62.2 Å². The van der Waals surface area contributed by atoms with E-state index in [0.717, 1.165) is 0 Å². The Labute approximate surface area is 246 Å². The van der Waals surface area contributed by atoms with Crippen molar-refractivity contribution in [3.8, 4) is 0 Å². The molecule has 0 aliphatic carbocycles. The van der Waals surface area contributed by atoms with Crippen LogP contribution in [0.5, 0.6) is 0 Å². The first kappa shape index (κ1) is 33.2. The van der Waals surface area contributed by atoms with Crippen molar-refractivity contribution < 1.29 is 32.8 Å². The van der Waals surface area contributed by atoms with E-state index in [1.165, 1.54) is 17.4 Å². The third-order valence-electron chi connectivity index (χ3n) is 8.28. The zero-order valence-corrected chi connectivity index (χ0v) is 27.8. The van der Waals surface area contributed by atoms with Gasteiger partial charge in [-0.2, -0.15) is 0 Å². The first-order chi connectivity index (χ1) is 18.2. The summed E-state index contributed by atoms with van der Waals surface area (Å²) in [5.74, 6) is -0.692. The van der Waals surface area contributed by atoms with Crippen LogP contribution >= 0.6 is 10.2 Å². The van der Waals surface area contributed by atoms with Gasteiger partial charge in [0.25, 0.3) is 0 Å². The third-order valence-corrected chi connectivity index (χ3v) is 12.3. The Balaban J connectivity index is 2.31. The minimum atomic E-state index is -3.44. The molecule has 3 rings (SSSR count). The molecule has 2 heterocycles. The molecule has 12 heteroatoms. The summed E-state index contributed by atoms with van der Waals surface area (Å²) in [7, 11) is -2.69. The van der Waals surface area contributed by atoms with Gasteiger partial charge in [-0.3, -0.25) is 4.31 Å². The van der Waals surface area contributed by atoms with Crippen LogP contribution in [0.15, 0.2) is 23.2 Å². The van der Waals surface area contributed by atoms with E-state index in [2.05, 4.69) is 0 Å². The fourth-order valence-corrected chi connectivity index (χ4v) is 8.85. The van der Waals surface area contributed by atoms with Gasteiger partial charge in [0, 0.05) is 22.8 Å². The zero-order chi connectivity index (χ0) is 31.8. The molecule has 2 N–H and O–H groups in total. The molecule has 1 atom stereocenters. The molecule has 0 spiro atoms. The highest BCUT2D eigenvalue weighted by atomic mass is 32.3. The quantitative estimate of drug-likeness (QED) is 0.329. The van der Waals surface area contributed by atoms with Crippen molar-refractivity contribution in [2.45, 2.75) is 123 Å². The number of ether oxygens (including phenoxy) is 2. The smallest absolute Gasteiger partial charge is 0.451 e. The topological polar surface area (TPSA) is 113 Å². The van der Waals surface area contributed by atoms with E-state index in [4.69, 9.17) is 29.5 Å². The molecule has 0 radical (unpaired) electrons. The molecule has 9 nitrogen and oxygen atoms in total. The van der Waals surface area contributed by atoms with Crippen LogP contribution in [0.4, 0.5) is 14.0 Å². The molecule has 0 unspecified atom stereocenters. The van der Waals surface area contributed by atoms with Gasteiger partial charge >= 0.3 is 17.7 Å². The molecule has 41 heavy (non-hydrogen) atoms. The van der Waals surface area contributed by atoms with E-state index >= 15 is 4.39 Å². The summed E-state index contributed by atoms with van der Waals surface area (Å²) < 4.78 is 40.1. The highest BCUT2D eigenvalue weighted by Gasteiger charge is 2.69. The van der Waals surface area contributed by atoms with Gasteiger partial charge in [-0.05, 0) is 102 Å². The van der Waals surface area contributed by atoms with Crippen molar-refractivity contribution in [2.75, 3.05) is 7.05 Å². The predicted molar refractivity (Wildman–Crippen MR) is 163 cm³/mol. The Bertz CT molecular complexity index is 1230. The maximum absolute atomic E-state index is 15.9. The number of carbonyl (C=O) groups is 2. The van der Waals surface area contributed by atoms with Crippen molar-refractivity contribution >= 4 is 39.4 Å². The number of nitrogens with zero attached hydrogens (tertiary/aromatic N) is 2. The number of guanidine groups is 1. The SMILES string of the molecule is CN1C(N)=N[C@](C)(c2cc(B3OC(C)(C)C(C)(C)O3)ccc2F)C(C)(C)S1(C(=O)OC(C)(C)C)C(=O)OC(C)(C)C. The van der Waals surface area contributed by atoms with Gasteiger partial charge < -0.3 is 24.5 Å². The highest BCUT2D eigenvalue weighted by molar-refractivity contribution is 8.54. The van der Waals surface area contributed by atoms with Gasteiger partial charge in [0.15, 0.2) is 0 Å². The van der Waals surface area contributed by atoms with Gasteiger partial charge in [0.2, 0.25) is 5.96 Å². The van der Waals surface area contributed by atoms with E-state index in [9.17, 15) is 9.59 Å². The Morgan fingerprint density at radius 2 is 1.37 bits per heavy atom. The average molecular weight is 596 g/mol. The van der Waals surface area contributed by atoms with Crippen molar-refractivity contribution in [3.63, 3.8) is 0 Å². The number of hydrogen-bond acceptors (Lipinski definition) is 9. The van der Waals surface area contributed by atoms with Crippen molar-refractivity contribution in [3.05, 3.63) is 29.6 Å². The van der Waals surface area contributed by atoms with Gasteiger partial charge in [0.1, 0.15) is 22.6 Å². The summed E-state index contributed by atoms with van der Waals surface area (Å²) in [4.78, 5) is 33.3. The molecule has 230 valence electrons. The molecule has 2 aliphatic heterocycles. The lowest BCUT2D eigenvalue weighted by atomic mass is 9.74. The molecule has 0 saturated carbocycles. The molecule has 1 saturated heterocycles. The lowest BCUT2D eigenvalue weighted by molar-refractivity contribution is 0.00578. The van der Waals surface area contributed by atoms with Gasteiger partial charge in [-0.1, -0.05) is 12.1 Å². The molecular formula is C29H47BFN3O6S. The van der Waals surface area contributed by atoms with E-state index in [-0.39, 0.29) is 11.5 Å². The number of rotatable bonds is 2. The first-order valence-electron chi connectivity index (χ1n) is 13.8. The van der Waals surface area contributed by atoms with Crippen LogP contribution in [0.3, 0.4) is 0 Å². The standard InChI is InChI=1S/C29H47BFN3O6S/c1-24(2,3)37-22(35)41(23(36)38-25(4,5)6)28(11,12)29(13,33-21(32)34(41)14)19-17-18(15-16-20(19)31)30-39-26(7,8)27(9,10)40-30/h15-17H,1-14H3,(H2,32,33)/t29-/m1/s1. The van der Waals surface area contributed by atoms with Crippen molar-refractivity contribution in [1.82, 2.24) is 4.31 Å². The van der Waals surface area contributed by atoms with Crippen LogP contribution in [0.25, 0.3) is 0 Å². The largest absolute Gasteiger partial charge is 0.494 e. The predicted octanol–water partition coefficient (Wildman–Crippen LogP) is 5.97. The Morgan fingerprint density at radius 3 is 1.78 bits per heavy atom. The summed E-state index contributed by atoms with van der Waals surface area (Å²) in [5.41, 5.74) is 2.58. The summed E-state index contributed by atoms with van der Waals surface area (Å²) in [5, 5.41) is -1.59. The number of hydrogen-bond donors (Lipinski definition) is 1. The van der Waals surface area contributed by atoms with E-state index < -0.39 is 66.4 Å². The van der Waals surface area contributed by atoms with E-state index in [1.54, 1.807) is 74.4 Å². The summed E-state index contributed by atoms with van der Waals surface area (Å²) >= 11 is 0. The molecule has 0 aromatic heterocycles. The average Bonchev–Trinajstić information content (AvgIpc) is 2.97. The zero-order valence-electron chi connectivity index (χ0n) is 27.0. The maximum atomic E-state index is 15.9. The van der Waals surface area contributed by atoms with Gasteiger partial charge in [-0.25, -0.2) is 19.0 Å². The molecular weight excluding hydrogens is 548 g/mol. The number of halogens is 1. The van der Waals surface area contributed by atoms with Crippen molar-refractivity contribution in [1.29, 1.82) is 0 Å². The molecule has 1 aromatic carbocycles.